The average Bonchev–Trinajstić information content (AvgIpc) is 2.95. The molecule has 0 bridgehead atoms. The Hall–Kier alpha value is -2.70. The van der Waals surface area contributed by atoms with Crippen LogP contribution in [0.1, 0.15) is 5.56 Å². The van der Waals surface area contributed by atoms with Gasteiger partial charge < -0.3 is 15.0 Å². The van der Waals surface area contributed by atoms with Crippen LogP contribution in [-0.2, 0) is 0 Å². The van der Waals surface area contributed by atoms with Crippen LogP contribution in [0.25, 0.3) is 5.65 Å². The van der Waals surface area contributed by atoms with Gasteiger partial charge in [-0.15, -0.1) is 0 Å². The van der Waals surface area contributed by atoms with Gasteiger partial charge in [-0.25, -0.2) is 18.7 Å². The van der Waals surface area contributed by atoms with Crippen molar-refractivity contribution in [1.29, 1.82) is 0 Å². The monoisotopic (exact) mass is 289 g/mol. The molecule has 2 heterocycles. The van der Waals surface area contributed by atoms with Gasteiger partial charge in [0.2, 0.25) is 0 Å². The molecule has 0 atom stereocenters. The SMILES string of the molecule is CNc1cn2ccnc2c(Nc2c(F)ccc(C)c2F)n1. The van der Waals surface area contributed by atoms with Gasteiger partial charge in [-0.05, 0) is 18.6 Å². The number of fused-ring (bicyclic) bond motifs is 1. The first-order valence-corrected chi connectivity index (χ1v) is 6.33. The summed E-state index contributed by atoms with van der Waals surface area (Å²) in [5, 5.41) is 5.59. The highest BCUT2D eigenvalue weighted by Gasteiger charge is 2.15. The fourth-order valence-electron chi connectivity index (χ4n) is 2.03. The average molecular weight is 289 g/mol. The third-order valence-corrected chi connectivity index (χ3v) is 3.16. The van der Waals surface area contributed by atoms with Crippen molar-refractivity contribution in [3.63, 3.8) is 0 Å². The summed E-state index contributed by atoms with van der Waals surface area (Å²) in [6.07, 6.45) is 5.05. The van der Waals surface area contributed by atoms with Gasteiger partial charge in [0, 0.05) is 19.4 Å². The predicted octanol–water partition coefficient (Wildman–Crippen LogP) is 3.10. The van der Waals surface area contributed by atoms with E-state index in [0.29, 0.717) is 17.0 Å². The molecule has 2 aromatic heterocycles. The van der Waals surface area contributed by atoms with Gasteiger partial charge in [-0.1, -0.05) is 6.07 Å². The smallest absolute Gasteiger partial charge is 0.180 e. The second-order valence-corrected chi connectivity index (χ2v) is 4.56. The van der Waals surface area contributed by atoms with Crippen molar-refractivity contribution in [2.45, 2.75) is 6.92 Å². The quantitative estimate of drug-likeness (QED) is 0.778. The summed E-state index contributed by atoms with van der Waals surface area (Å²) in [6.45, 7) is 1.57. The molecule has 3 rings (SSSR count). The molecular weight excluding hydrogens is 276 g/mol. The molecule has 108 valence electrons. The van der Waals surface area contributed by atoms with Gasteiger partial charge in [0.1, 0.15) is 17.3 Å². The molecule has 5 nitrogen and oxygen atoms in total. The zero-order valence-electron chi connectivity index (χ0n) is 11.5. The zero-order chi connectivity index (χ0) is 15.0. The van der Waals surface area contributed by atoms with E-state index in [4.69, 9.17) is 0 Å². The first-order valence-electron chi connectivity index (χ1n) is 6.33. The van der Waals surface area contributed by atoms with Gasteiger partial charge >= 0.3 is 0 Å². The summed E-state index contributed by atoms with van der Waals surface area (Å²) in [6, 6.07) is 2.60. The van der Waals surface area contributed by atoms with Crippen LogP contribution in [0.5, 0.6) is 0 Å². The molecule has 3 aromatic rings. The standard InChI is InChI=1S/C14H13F2N5/c1-8-3-4-9(15)12(11(8)16)20-13-14-18-5-6-21(14)7-10(17-2)19-13/h3-7,17H,1-2H3,(H,19,20). The Bertz CT molecular complexity index is 812. The molecule has 0 saturated carbocycles. The van der Waals surface area contributed by atoms with Crippen LogP contribution in [0.2, 0.25) is 0 Å². The normalized spacial score (nSPS) is 10.9. The van der Waals surface area contributed by atoms with Crippen LogP contribution < -0.4 is 10.6 Å². The largest absolute Gasteiger partial charge is 0.372 e. The molecule has 0 saturated heterocycles. The van der Waals surface area contributed by atoms with E-state index in [1.165, 1.54) is 12.1 Å². The number of nitrogens with zero attached hydrogens (tertiary/aromatic N) is 3. The number of nitrogens with one attached hydrogen (secondary N) is 2. The highest BCUT2D eigenvalue weighted by Crippen LogP contribution is 2.27. The third-order valence-electron chi connectivity index (χ3n) is 3.16. The van der Waals surface area contributed by atoms with Crippen molar-refractivity contribution in [2.75, 3.05) is 17.7 Å². The summed E-state index contributed by atoms with van der Waals surface area (Å²) >= 11 is 0. The zero-order valence-corrected chi connectivity index (χ0v) is 11.5. The van der Waals surface area contributed by atoms with E-state index in [0.717, 1.165) is 0 Å². The Morgan fingerprint density at radius 1 is 1.24 bits per heavy atom. The molecule has 0 aliphatic heterocycles. The predicted molar refractivity (Wildman–Crippen MR) is 76.9 cm³/mol. The van der Waals surface area contributed by atoms with E-state index in [-0.39, 0.29) is 11.5 Å². The lowest BCUT2D eigenvalue weighted by molar-refractivity contribution is 0.585. The van der Waals surface area contributed by atoms with Crippen molar-refractivity contribution in [3.8, 4) is 0 Å². The van der Waals surface area contributed by atoms with Crippen LogP contribution in [0, 0.1) is 18.6 Å². The van der Waals surface area contributed by atoms with Gasteiger partial charge in [-0.3, -0.25) is 0 Å². The number of hydrogen-bond acceptors (Lipinski definition) is 4. The second kappa shape index (κ2) is 5.01. The fourth-order valence-corrected chi connectivity index (χ4v) is 2.03. The molecule has 0 amide bonds. The van der Waals surface area contributed by atoms with E-state index >= 15 is 0 Å². The lowest BCUT2D eigenvalue weighted by atomic mass is 10.2. The van der Waals surface area contributed by atoms with Crippen molar-refractivity contribution < 1.29 is 8.78 Å². The van der Waals surface area contributed by atoms with Crippen LogP contribution >= 0.6 is 0 Å². The number of halogens is 2. The van der Waals surface area contributed by atoms with Crippen LogP contribution in [0.4, 0.5) is 26.1 Å². The summed E-state index contributed by atoms with van der Waals surface area (Å²) in [4.78, 5) is 8.40. The molecule has 0 aliphatic rings. The van der Waals surface area contributed by atoms with Crippen molar-refractivity contribution in [2.24, 2.45) is 0 Å². The van der Waals surface area contributed by atoms with Crippen molar-refractivity contribution >= 4 is 23.0 Å². The number of aryl methyl sites for hydroxylation is 1. The molecule has 7 heteroatoms. The number of imidazole rings is 1. The Labute approximate surface area is 119 Å². The molecule has 0 radical (unpaired) electrons. The highest BCUT2D eigenvalue weighted by atomic mass is 19.1. The summed E-state index contributed by atoms with van der Waals surface area (Å²) in [5.74, 6) is -0.498. The summed E-state index contributed by atoms with van der Waals surface area (Å²) < 4.78 is 29.6. The molecule has 0 fully saturated rings. The molecule has 0 aliphatic carbocycles. The van der Waals surface area contributed by atoms with Crippen molar-refractivity contribution in [1.82, 2.24) is 14.4 Å². The minimum absolute atomic E-state index is 0.236. The Kier molecular flexibility index (Phi) is 3.17. The molecule has 21 heavy (non-hydrogen) atoms. The van der Waals surface area contributed by atoms with E-state index in [2.05, 4.69) is 20.6 Å². The van der Waals surface area contributed by atoms with Crippen LogP contribution in [0.3, 0.4) is 0 Å². The maximum atomic E-state index is 14.1. The topological polar surface area (TPSA) is 54.2 Å². The van der Waals surface area contributed by atoms with Gasteiger partial charge in [-0.2, -0.15) is 0 Å². The Morgan fingerprint density at radius 3 is 2.81 bits per heavy atom. The Balaban J connectivity index is 2.14. The van der Waals surface area contributed by atoms with Gasteiger partial charge in [0.25, 0.3) is 0 Å². The maximum Gasteiger partial charge on any atom is 0.180 e. The first kappa shape index (κ1) is 13.3. The highest BCUT2D eigenvalue weighted by molar-refractivity contribution is 5.72. The third kappa shape index (κ3) is 2.26. The number of aromatic nitrogens is 3. The van der Waals surface area contributed by atoms with E-state index in [1.54, 1.807) is 37.0 Å². The van der Waals surface area contributed by atoms with E-state index < -0.39 is 11.6 Å². The van der Waals surface area contributed by atoms with Gasteiger partial charge in [0.15, 0.2) is 17.3 Å². The lowest BCUT2D eigenvalue weighted by Gasteiger charge is -2.12. The van der Waals surface area contributed by atoms with Crippen molar-refractivity contribution in [3.05, 3.63) is 47.9 Å². The van der Waals surface area contributed by atoms with Crippen LogP contribution in [0.15, 0.2) is 30.7 Å². The summed E-state index contributed by atoms with van der Waals surface area (Å²) in [5.41, 5.74) is 0.595. The van der Waals surface area contributed by atoms with E-state index in [9.17, 15) is 8.78 Å². The second-order valence-electron chi connectivity index (χ2n) is 4.56. The Morgan fingerprint density at radius 2 is 2.05 bits per heavy atom. The van der Waals surface area contributed by atoms with Gasteiger partial charge in [0.05, 0.1) is 6.20 Å². The number of benzene rings is 1. The number of hydrogen-bond donors (Lipinski definition) is 2. The lowest BCUT2D eigenvalue weighted by Crippen LogP contribution is -2.05. The molecule has 0 unspecified atom stereocenters. The first-order chi connectivity index (χ1) is 10.1. The minimum Gasteiger partial charge on any atom is -0.372 e. The molecule has 2 N–H and O–H groups in total. The van der Waals surface area contributed by atoms with Crippen LogP contribution in [-0.4, -0.2) is 21.4 Å². The number of rotatable bonds is 3. The molecule has 1 aromatic carbocycles. The minimum atomic E-state index is -0.681. The maximum absolute atomic E-state index is 14.1. The van der Waals surface area contributed by atoms with E-state index in [1.807, 2.05) is 0 Å². The molecule has 0 spiro atoms. The number of anilines is 3. The fraction of sp³-hybridized carbons (Fsp3) is 0.143. The molecular formula is C14H13F2N5. The summed E-state index contributed by atoms with van der Waals surface area (Å²) in [7, 11) is 1.71.